The van der Waals surface area contributed by atoms with Crippen LogP contribution >= 0.6 is 0 Å². The molecule has 3 heterocycles. The van der Waals surface area contributed by atoms with Crippen molar-refractivity contribution in [3.63, 3.8) is 0 Å². The van der Waals surface area contributed by atoms with E-state index in [1.165, 1.54) is 27.1 Å². The van der Waals surface area contributed by atoms with Crippen LogP contribution in [0.2, 0.25) is 0 Å². The normalized spacial score (nSPS) is 11.8. The maximum atomic E-state index is 7.09. The summed E-state index contributed by atoms with van der Waals surface area (Å²) in [7, 11) is 0. The van der Waals surface area contributed by atoms with Gasteiger partial charge in [-0.3, -0.25) is 0 Å². The molecule has 0 aliphatic rings. The average Bonchev–Trinajstić information content (AvgIpc) is 4.09. The van der Waals surface area contributed by atoms with Crippen molar-refractivity contribution in [1.82, 2.24) is 4.57 Å². The smallest absolute Gasteiger partial charge is 0.145 e. The molecule has 0 spiro atoms. The number of anilines is 3. The van der Waals surface area contributed by atoms with Gasteiger partial charge in [-0.2, -0.15) is 0 Å². The van der Waals surface area contributed by atoms with E-state index in [-0.39, 0.29) is 0 Å². The molecule has 0 aliphatic carbocycles. The molecule has 0 amide bonds. The van der Waals surface area contributed by atoms with Gasteiger partial charge in [0.25, 0.3) is 0 Å². The van der Waals surface area contributed by atoms with Crippen molar-refractivity contribution >= 4 is 93.5 Å². The fourth-order valence-corrected chi connectivity index (χ4v) is 10.8. The Labute approximate surface area is 391 Å². The molecule has 3 aromatic heterocycles. The lowest BCUT2D eigenvalue weighted by molar-refractivity contribution is 0.669. The van der Waals surface area contributed by atoms with Gasteiger partial charge in [0, 0.05) is 49.3 Å². The fourth-order valence-electron chi connectivity index (χ4n) is 10.8. The van der Waals surface area contributed by atoms with Crippen molar-refractivity contribution < 1.29 is 8.83 Å². The highest BCUT2D eigenvalue weighted by Crippen LogP contribution is 2.50. The number of hydrogen-bond acceptors (Lipinski definition) is 3. The summed E-state index contributed by atoms with van der Waals surface area (Å²) in [6.07, 6.45) is 0. The Morgan fingerprint density at radius 3 is 1.74 bits per heavy atom. The summed E-state index contributed by atoms with van der Waals surface area (Å²) in [5.41, 5.74) is 16.4. The first-order chi connectivity index (χ1) is 33.7. The molecule has 0 atom stereocenters. The highest BCUT2D eigenvalue weighted by atomic mass is 16.3. The minimum Gasteiger partial charge on any atom is -0.456 e. The van der Waals surface area contributed by atoms with Crippen LogP contribution in [0, 0.1) is 0 Å². The molecule has 0 unspecified atom stereocenters. The zero-order valence-electron chi connectivity index (χ0n) is 36.8. The van der Waals surface area contributed by atoms with E-state index < -0.39 is 0 Å². The topological polar surface area (TPSA) is 34.5 Å². The van der Waals surface area contributed by atoms with E-state index in [0.717, 1.165) is 105 Å². The molecule has 0 aliphatic heterocycles. The van der Waals surface area contributed by atoms with Crippen LogP contribution in [-0.4, -0.2) is 4.57 Å². The van der Waals surface area contributed by atoms with Gasteiger partial charge in [0.1, 0.15) is 22.3 Å². The summed E-state index contributed by atoms with van der Waals surface area (Å²) >= 11 is 0. The molecule has 68 heavy (non-hydrogen) atoms. The Balaban J connectivity index is 1.05. The van der Waals surface area contributed by atoms with E-state index in [4.69, 9.17) is 8.83 Å². The van der Waals surface area contributed by atoms with Crippen molar-refractivity contribution in [3.05, 3.63) is 243 Å². The Morgan fingerprint density at radius 1 is 0.338 bits per heavy atom. The molecule has 0 fully saturated rings. The summed E-state index contributed by atoms with van der Waals surface area (Å²) in [4.78, 5) is 2.41. The lowest BCUT2D eigenvalue weighted by atomic mass is 9.95. The molecule has 318 valence electrons. The second kappa shape index (κ2) is 15.2. The third-order valence-corrected chi connectivity index (χ3v) is 13.8. The van der Waals surface area contributed by atoms with E-state index in [1.807, 2.05) is 12.1 Å². The van der Waals surface area contributed by atoms with Gasteiger partial charge < -0.3 is 18.3 Å². The molecule has 0 saturated carbocycles. The molecule has 4 nitrogen and oxygen atoms in total. The van der Waals surface area contributed by atoms with Crippen molar-refractivity contribution in [3.8, 4) is 39.1 Å². The van der Waals surface area contributed by atoms with Crippen LogP contribution in [0.25, 0.3) is 116 Å². The predicted octanol–water partition coefficient (Wildman–Crippen LogP) is 18.2. The number of nitrogens with zero attached hydrogens (tertiary/aromatic N) is 2. The van der Waals surface area contributed by atoms with Crippen LogP contribution in [0.1, 0.15) is 0 Å². The number of rotatable bonds is 7. The number of aromatic nitrogens is 1. The van der Waals surface area contributed by atoms with E-state index in [2.05, 4.69) is 240 Å². The Kier molecular flexibility index (Phi) is 8.55. The van der Waals surface area contributed by atoms with Crippen LogP contribution in [0.15, 0.2) is 251 Å². The maximum Gasteiger partial charge on any atom is 0.145 e. The van der Waals surface area contributed by atoms with Crippen molar-refractivity contribution in [1.29, 1.82) is 0 Å². The molecule has 11 aromatic carbocycles. The monoisotopic (exact) mass is 868 g/mol. The lowest BCUT2D eigenvalue weighted by Crippen LogP contribution is -2.12. The summed E-state index contributed by atoms with van der Waals surface area (Å²) in [6.45, 7) is 0. The van der Waals surface area contributed by atoms with Gasteiger partial charge in [-0.05, 0) is 106 Å². The molecule has 14 rings (SSSR count). The van der Waals surface area contributed by atoms with E-state index in [9.17, 15) is 0 Å². The molecule has 0 saturated heterocycles. The van der Waals surface area contributed by atoms with Crippen LogP contribution in [0.5, 0.6) is 0 Å². The Hall–Kier alpha value is -9.12. The van der Waals surface area contributed by atoms with Crippen LogP contribution < -0.4 is 4.90 Å². The second-order valence-corrected chi connectivity index (χ2v) is 17.6. The summed E-state index contributed by atoms with van der Waals surface area (Å²) in [5.74, 6) is 0. The van der Waals surface area contributed by atoms with Gasteiger partial charge in [-0.15, -0.1) is 0 Å². The first-order valence-corrected chi connectivity index (χ1v) is 23.2. The van der Waals surface area contributed by atoms with Crippen molar-refractivity contribution in [2.45, 2.75) is 0 Å². The number of benzene rings is 11. The van der Waals surface area contributed by atoms with Crippen LogP contribution in [0.4, 0.5) is 17.1 Å². The van der Waals surface area contributed by atoms with Gasteiger partial charge in [-0.25, -0.2) is 0 Å². The summed E-state index contributed by atoms with van der Waals surface area (Å²) in [5, 5.41) is 9.23. The van der Waals surface area contributed by atoms with Gasteiger partial charge >= 0.3 is 0 Å². The third kappa shape index (κ3) is 5.87. The van der Waals surface area contributed by atoms with Crippen LogP contribution in [0.3, 0.4) is 0 Å². The standard InChI is InChI=1S/C64H40N2O2/c1-2-20-46-41(16-1)17-14-26-47(46)42-34-36-44(37-35-42)65(45-19-13-18-43(40-45)48-27-15-33-61-62(48)54-25-7-12-32-60(54)67-61)58-39-38-52-51-23-6-11-31-59(51)68-64(52)63(58)53-24-5-10-30-57(53)66-55-28-8-3-21-49(55)50-22-4-9-29-56(50)66/h1-40H. The number of para-hydroxylation sites is 5. The molecular weight excluding hydrogens is 829 g/mol. The molecule has 4 heteroatoms. The predicted molar refractivity (Wildman–Crippen MR) is 284 cm³/mol. The highest BCUT2D eigenvalue weighted by molar-refractivity contribution is 6.16. The first-order valence-electron chi connectivity index (χ1n) is 23.2. The van der Waals surface area contributed by atoms with Gasteiger partial charge in [0.2, 0.25) is 0 Å². The summed E-state index contributed by atoms with van der Waals surface area (Å²) < 4.78 is 15.9. The Bertz CT molecular complexity index is 4220. The largest absolute Gasteiger partial charge is 0.456 e. The minimum absolute atomic E-state index is 0.833. The number of fused-ring (bicyclic) bond motifs is 10. The Morgan fingerprint density at radius 2 is 0.926 bits per heavy atom. The lowest BCUT2D eigenvalue weighted by Gasteiger charge is -2.29. The zero-order valence-corrected chi connectivity index (χ0v) is 36.8. The number of hydrogen-bond donors (Lipinski definition) is 0. The fraction of sp³-hybridized carbons (Fsp3) is 0. The molecule has 0 N–H and O–H groups in total. The highest BCUT2D eigenvalue weighted by Gasteiger charge is 2.26. The quantitative estimate of drug-likeness (QED) is 0.160. The molecule has 14 aromatic rings. The van der Waals surface area contributed by atoms with Gasteiger partial charge in [0.05, 0.1) is 28.0 Å². The van der Waals surface area contributed by atoms with Crippen LogP contribution in [-0.2, 0) is 0 Å². The average molecular weight is 869 g/mol. The van der Waals surface area contributed by atoms with E-state index in [1.54, 1.807) is 0 Å². The molecule has 0 radical (unpaired) electrons. The zero-order chi connectivity index (χ0) is 44.7. The van der Waals surface area contributed by atoms with Crippen molar-refractivity contribution in [2.75, 3.05) is 4.90 Å². The van der Waals surface area contributed by atoms with E-state index >= 15 is 0 Å². The van der Waals surface area contributed by atoms with E-state index in [0.29, 0.717) is 0 Å². The first kappa shape index (κ1) is 38.2. The van der Waals surface area contributed by atoms with Crippen molar-refractivity contribution in [2.24, 2.45) is 0 Å². The summed E-state index contributed by atoms with van der Waals surface area (Å²) in [6, 6.07) is 87.0. The second-order valence-electron chi connectivity index (χ2n) is 17.6. The van der Waals surface area contributed by atoms with Gasteiger partial charge in [-0.1, -0.05) is 170 Å². The molecular formula is C64H40N2O2. The molecule has 0 bridgehead atoms. The van der Waals surface area contributed by atoms with Gasteiger partial charge in [0.15, 0.2) is 0 Å². The number of furan rings is 2. The maximum absolute atomic E-state index is 7.09. The minimum atomic E-state index is 0.833. The SMILES string of the molecule is c1cc(-c2cccc3oc4ccccc4c23)cc(N(c2ccc(-c3cccc4ccccc34)cc2)c2ccc3c(oc4ccccc43)c2-c2ccccc2-n2c3ccccc3c3ccccc32)c1. The third-order valence-electron chi connectivity index (χ3n) is 13.8.